The van der Waals surface area contributed by atoms with Gasteiger partial charge in [0.05, 0.1) is 25.6 Å². The average Bonchev–Trinajstić information content (AvgIpc) is 3.25. The number of carbonyl (C=O) groups excluding carboxylic acids is 1. The molecule has 0 aliphatic rings. The molecule has 0 fully saturated rings. The number of hydrogen-bond donors (Lipinski definition) is 1. The van der Waals surface area contributed by atoms with E-state index in [1.54, 1.807) is 49.5 Å². The first kappa shape index (κ1) is 19.2. The Kier molecular flexibility index (Phi) is 5.43. The highest BCUT2D eigenvalue weighted by Gasteiger charge is 2.17. The van der Waals surface area contributed by atoms with Crippen LogP contribution in [0.3, 0.4) is 0 Å². The number of nitrogens with one attached hydrogen (secondary N) is 1. The second-order valence-electron chi connectivity index (χ2n) is 6.45. The number of carbonyl (C=O) groups is 1. The molecule has 0 aliphatic heterocycles. The minimum atomic E-state index is -0.319. The van der Waals surface area contributed by atoms with E-state index in [2.05, 4.69) is 15.4 Å². The molecule has 1 amide bonds. The lowest BCUT2D eigenvalue weighted by Gasteiger charge is -2.08. The Morgan fingerprint density at radius 3 is 2.43 bits per heavy atom. The molecule has 0 atom stereocenters. The monoisotopic (exact) mass is 400 g/mol. The Bertz CT molecular complexity index is 1150. The number of pyridine rings is 1. The van der Waals surface area contributed by atoms with Crippen molar-refractivity contribution >= 4 is 11.6 Å². The molecule has 7 nitrogen and oxygen atoms in total. The summed E-state index contributed by atoms with van der Waals surface area (Å²) in [7, 11) is 3.20. The van der Waals surface area contributed by atoms with Gasteiger partial charge in [0, 0.05) is 29.7 Å². The van der Waals surface area contributed by atoms with E-state index in [-0.39, 0.29) is 11.6 Å². The Morgan fingerprint density at radius 2 is 1.73 bits per heavy atom. The van der Waals surface area contributed by atoms with Gasteiger partial charge in [-0.25, -0.2) is 4.68 Å². The molecular weight excluding hydrogens is 380 g/mol. The summed E-state index contributed by atoms with van der Waals surface area (Å²) in [5, 5.41) is 7.42. The second kappa shape index (κ2) is 8.48. The SMILES string of the molecule is COc1ccc(-n2nc(C(=O)Nc3cccc(OC)c3)cc2-c2cccnc2)cc1. The molecule has 1 N–H and O–H groups in total. The van der Waals surface area contributed by atoms with Crippen molar-refractivity contribution in [3.05, 3.63) is 84.8 Å². The molecule has 0 saturated heterocycles. The lowest BCUT2D eigenvalue weighted by Crippen LogP contribution is -2.13. The van der Waals surface area contributed by atoms with Gasteiger partial charge in [-0.1, -0.05) is 6.07 Å². The van der Waals surface area contributed by atoms with Gasteiger partial charge in [-0.05, 0) is 54.6 Å². The third-order valence-electron chi connectivity index (χ3n) is 4.54. The number of anilines is 1. The maximum Gasteiger partial charge on any atom is 0.276 e. The van der Waals surface area contributed by atoms with Gasteiger partial charge >= 0.3 is 0 Å². The Hall–Kier alpha value is -4.13. The van der Waals surface area contributed by atoms with E-state index in [1.165, 1.54) is 0 Å². The first-order chi connectivity index (χ1) is 14.7. The molecule has 4 aromatic rings. The summed E-state index contributed by atoms with van der Waals surface area (Å²) >= 11 is 0. The summed E-state index contributed by atoms with van der Waals surface area (Å²) in [4.78, 5) is 17.1. The van der Waals surface area contributed by atoms with Crippen LogP contribution >= 0.6 is 0 Å². The highest BCUT2D eigenvalue weighted by molar-refractivity contribution is 6.03. The number of methoxy groups -OCH3 is 2. The molecular formula is C23H20N4O3. The Labute approximate surface area is 173 Å². The normalized spacial score (nSPS) is 10.5. The molecule has 30 heavy (non-hydrogen) atoms. The first-order valence-electron chi connectivity index (χ1n) is 9.28. The van der Waals surface area contributed by atoms with Gasteiger partial charge in [-0.15, -0.1) is 0 Å². The maximum atomic E-state index is 12.9. The van der Waals surface area contributed by atoms with E-state index in [9.17, 15) is 4.79 Å². The zero-order valence-electron chi connectivity index (χ0n) is 16.6. The summed E-state index contributed by atoms with van der Waals surface area (Å²) in [5.41, 5.74) is 3.31. The van der Waals surface area contributed by atoms with Crippen LogP contribution in [-0.2, 0) is 0 Å². The Morgan fingerprint density at radius 1 is 0.933 bits per heavy atom. The van der Waals surface area contributed by atoms with Gasteiger partial charge in [0.2, 0.25) is 0 Å². The van der Waals surface area contributed by atoms with Crippen molar-refractivity contribution < 1.29 is 14.3 Å². The van der Waals surface area contributed by atoms with E-state index in [0.717, 1.165) is 22.7 Å². The summed E-state index contributed by atoms with van der Waals surface area (Å²) < 4.78 is 12.2. The average molecular weight is 400 g/mol. The lowest BCUT2D eigenvalue weighted by molar-refractivity contribution is 0.102. The largest absolute Gasteiger partial charge is 0.497 e. The molecule has 2 heterocycles. The molecule has 4 rings (SSSR count). The van der Waals surface area contributed by atoms with Crippen molar-refractivity contribution in [1.82, 2.24) is 14.8 Å². The zero-order chi connectivity index (χ0) is 20.9. The predicted molar refractivity (Wildman–Crippen MR) is 114 cm³/mol. The first-order valence-corrected chi connectivity index (χ1v) is 9.28. The van der Waals surface area contributed by atoms with Gasteiger partial charge in [0.15, 0.2) is 5.69 Å². The summed E-state index contributed by atoms with van der Waals surface area (Å²) in [6, 6.07) is 20.1. The molecule has 2 aromatic carbocycles. The summed E-state index contributed by atoms with van der Waals surface area (Å²) in [6.45, 7) is 0. The number of benzene rings is 2. The maximum absolute atomic E-state index is 12.9. The minimum Gasteiger partial charge on any atom is -0.497 e. The van der Waals surface area contributed by atoms with Crippen molar-refractivity contribution in [2.24, 2.45) is 0 Å². The van der Waals surface area contributed by atoms with Crippen LogP contribution in [0.5, 0.6) is 11.5 Å². The molecule has 0 aliphatic carbocycles. The topological polar surface area (TPSA) is 78.3 Å². The van der Waals surface area contributed by atoms with Crippen LogP contribution in [0, 0.1) is 0 Å². The number of hydrogen-bond acceptors (Lipinski definition) is 5. The van der Waals surface area contributed by atoms with Crippen LogP contribution in [0.2, 0.25) is 0 Å². The quantitative estimate of drug-likeness (QED) is 0.525. The smallest absolute Gasteiger partial charge is 0.276 e. The molecule has 0 saturated carbocycles. The van der Waals surface area contributed by atoms with Gasteiger partial charge in [-0.2, -0.15) is 5.10 Å². The number of nitrogens with zero attached hydrogens (tertiary/aromatic N) is 3. The van der Waals surface area contributed by atoms with Crippen LogP contribution in [-0.4, -0.2) is 34.9 Å². The van der Waals surface area contributed by atoms with Crippen LogP contribution in [0.25, 0.3) is 16.9 Å². The molecule has 0 spiro atoms. The third kappa shape index (κ3) is 4.00. The van der Waals surface area contributed by atoms with Crippen molar-refractivity contribution in [1.29, 1.82) is 0 Å². The Balaban J connectivity index is 1.71. The van der Waals surface area contributed by atoms with Crippen LogP contribution in [0.15, 0.2) is 79.1 Å². The van der Waals surface area contributed by atoms with Gasteiger partial charge < -0.3 is 14.8 Å². The standard InChI is InChI=1S/C23H20N4O3/c1-29-19-10-8-18(9-11-19)27-22(16-5-4-12-24-15-16)14-21(26-27)23(28)25-17-6-3-7-20(13-17)30-2/h3-15H,1-2H3,(H,25,28). The van der Waals surface area contributed by atoms with Gasteiger partial charge in [0.25, 0.3) is 5.91 Å². The van der Waals surface area contributed by atoms with E-state index in [0.29, 0.717) is 11.4 Å². The summed E-state index contributed by atoms with van der Waals surface area (Å²) in [5.74, 6) is 1.08. The van der Waals surface area contributed by atoms with E-state index in [4.69, 9.17) is 9.47 Å². The molecule has 150 valence electrons. The summed E-state index contributed by atoms with van der Waals surface area (Å²) in [6.07, 6.45) is 3.44. The minimum absolute atomic E-state index is 0.285. The van der Waals surface area contributed by atoms with Crippen molar-refractivity contribution in [2.45, 2.75) is 0 Å². The van der Waals surface area contributed by atoms with Crippen molar-refractivity contribution in [3.63, 3.8) is 0 Å². The van der Waals surface area contributed by atoms with Gasteiger partial charge in [0.1, 0.15) is 11.5 Å². The van der Waals surface area contributed by atoms with E-state index < -0.39 is 0 Å². The van der Waals surface area contributed by atoms with Crippen LogP contribution in [0.1, 0.15) is 10.5 Å². The highest BCUT2D eigenvalue weighted by atomic mass is 16.5. The lowest BCUT2D eigenvalue weighted by atomic mass is 10.2. The van der Waals surface area contributed by atoms with E-state index >= 15 is 0 Å². The predicted octanol–water partition coefficient (Wildman–Crippen LogP) is 4.20. The number of ether oxygens (including phenoxy) is 2. The number of amides is 1. The fourth-order valence-corrected chi connectivity index (χ4v) is 3.03. The highest BCUT2D eigenvalue weighted by Crippen LogP contribution is 2.25. The molecule has 2 aromatic heterocycles. The number of aromatic nitrogens is 3. The molecule has 0 bridgehead atoms. The van der Waals surface area contributed by atoms with Gasteiger partial charge in [-0.3, -0.25) is 9.78 Å². The fourth-order valence-electron chi connectivity index (χ4n) is 3.03. The molecule has 7 heteroatoms. The molecule has 0 unspecified atom stereocenters. The third-order valence-corrected chi connectivity index (χ3v) is 4.54. The van der Waals surface area contributed by atoms with E-state index in [1.807, 2.05) is 48.5 Å². The van der Waals surface area contributed by atoms with Crippen LogP contribution < -0.4 is 14.8 Å². The fraction of sp³-hybridized carbons (Fsp3) is 0.0870. The van der Waals surface area contributed by atoms with Crippen molar-refractivity contribution in [2.75, 3.05) is 19.5 Å². The molecule has 0 radical (unpaired) electrons. The second-order valence-corrected chi connectivity index (χ2v) is 6.45. The number of rotatable bonds is 6. The zero-order valence-corrected chi connectivity index (χ0v) is 16.6. The van der Waals surface area contributed by atoms with Crippen molar-refractivity contribution in [3.8, 4) is 28.4 Å². The van der Waals surface area contributed by atoms with Crippen LogP contribution in [0.4, 0.5) is 5.69 Å².